The van der Waals surface area contributed by atoms with E-state index in [1.807, 2.05) is 26.8 Å². The van der Waals surface area contributed by atoms with Crippen molar-refractivity contribution in [3.05, 3.63) is 35.9 Å². The lowest BCUT2D eigenvalue weighted by molar-refractivity contribution is -0.155. The van der Waals surface area contributed by atoms with Crippen LogP contribution in [0.1, 0.15) is 44.2 Å². The van der Waals surface area contributed by atoms with Crippen molar-refractivity contribution in [2.45, 2.75) is 63.2 Å². The molecule has 4 atom stereocenters. The number of benzene rings is 1. The standard InChI is InChI=1S/C20H27NO4/c1-5-11-21-13(4)20(24)10-9-15(23)18-19(20,6-2)16-12(3)7-8-14(22)17(16)25-18/h5,7-8,13,18,21-22,24H,1,6,9-11H2,2-4H3. The fourth-order valence-electron chi connectivity index (χ4n) is 4.85. The van der Waals surface area contributed by atoms with E-state index < -0.39 is 17.1 Å². The van der Waals surface area contributed by atoms with Crippen LogP contribution in [0.2, 0.25) is 0 Å². The maximum Gasteiger partial charge on any atom is 0.174 e. The van der Waals surface area contributed by atoms with Crippen LogP contribution >= 0.6 is 0 Å². The Morgan fingerprint density at radius 1 is 1.52 bits per heavy atom. The van der Waals surface area contributed by atoms with Gasteiger partial charge in [-0.2, -0.15) is 0 Å². The van der Waals surface area contributed by atoms with E-state index in [0.29, 0.717) is 25.1 Å². The van der Waals surface area contributed by atoms with Gasteiger partial charge in [0.1, 0.15) is 0 Å². The van der Waals surface area contributed by atoms with Gasteiger partial charge in [0.15, 0.2) is 23.4 Å². The van der Waals surface area contributed by atoms with Gasteiger partial charge >= 0.3 is 0 Å². The number of fused-ring (bicyclic) bond motifs is 3. The molecular formula is C20H27NO4. The fraction of sp³-hybridized carbons (Fsp3) is 0.550. The zero-order chi connectivity index (χ0) is 18.4. The molecule has 0 saturated heterocycles. The predicted molar refractivity (Wildman–Crippen MR) is 96.1 cm³/mol. The summed E-state index contributed by atoms with van der Waals surface area (Å²) in [4.78, 5) is 12.7. The minimum atomic E-state index is -1.17. The molecule has 1 aliphatic carbocycles. The molecule has 25 heavy (non-hydrogen) atoms. The Labute approximate surface area is 148 Å². The zero-order valence-corrected chi connectivity index (χ0v) is 15.1. The van der Waals surface area contributed by atoms with Crippen LogP contribution in [0.5, 0.6) is 11.5 Å². The number of ketones is 1. The Hall–Kier alpha value is -1.85. The summed E-state index contributed by atoms with van der Waals surface area (Å²) in [6.45, 7) is 10.1. The molecule has 4 unspecified atom stereocenters. The maximum atomic E-state index is 12.7. The third-order valence-electron chi connectivity index (χ3n) is 6.13. The number of phenolic OH excluding ortho intramolecular Hbond substituents is 1. The molecular weight excluding hydrogens is 318 g/mol. The summed E-state index contributed by atoms with van der Waals surface area (Å²) in [6.07, 6.45) is 2.14. The van der Waals surface area contributed by atoms with Gasteiger partial charge in [0.05, 0.1) is 11.0 Å². The minimum absolute atomic E-state index is 0.0163. The maximum absolute atomic E-state index is 12.7. The van der Waals surface area contributed by atoms with E-state index >= 15 is 0 Å². The van der Waals surface area contributed by atoms with Crippen LogP contribution in [0, 0.1) is 6.92 Å². The molecule has 136 valence electrons. The van der Waals surface area contributed by atoms with Gasteiger partial charge in [-0.1, -0.05) is 19.1 Å². The number of hydrogen-bond donors (Lipinski definition) is 3. The molecule has 1 aromatic rings. The predicted octanol–water partition coefficient (Wildman–Crippen LogP) is 2.37. The summed E-state index contributed by atoms with van der Waals surface area (Å²) in [7, 11) is 0. The molecule has 2 aliphatic rings. The first-order valence-electron chi connectivity index (χ1n) is 8.92. The Kier molecular flexibility index (Phi) is 4.41. The summed E-state index contributed by atoms with van der Waals surface area (Å²) >= 11 is 0. The highest BCUT2D eigenvalue weighted by Crippen LogP contribution is 2.59. The molecule has 0 aromatic heterocycles. The largest absolute Gasteiger partial charge is 0.504 e. The van der Waals surface area contributed by atoms with Gasteiger partial charge in [-0.25, -0.2) is 0 Å². The van der Waals surface area contributed by atoms with E-state index in [9.17, 15) is 15.0 Å². The molecule has 0 amide bonds. The van der Waals surface area contributed by atoms with E-state index in [4.69, 9.17) is 4.74 Å². The average molecular weight is 345 g/mol. The highest BCUT2D eigenvalue weighted by atomic mass is 16.5. The Morgan fingerprint density at radius 2 is 2.24 bits per heavy atom. The molecule has 1 aliphatic heterocycles. The van der Waals surface area contributed by atoms with Crippen LogP contribution in [-0.4, -0.2) is 40.3 Å². The summed E-state index contributed by atoms with van der Waals surface area (Å²) in [6, 6.07) is 3.13. The molecule has 0 radical (unpaired) electrons. The third-order valence-corrected chi connectivity index (χ3v) is 6.13. The van der Waals surface area contributed by atoms with Crippen molar-refractivity contribution in [1.29, 1.82) is 0 Å². The third kappa shape index (κ3) is 2.26. The van der Waals surface area contributed by atoms with Gasteiger partial charge in [0, 0.05) is 24.6 Å². The Balaban J connectivity index is 2.23. The first-order valence-corrected chi connectivity index (χ1v) is 8.92. The first kappa shape index (κ1) is 18.0. The number of aliphatic hydroxyl groups is 1. The van der Waals surface area contributed by atoms with Crippen LogP contribution < -0.4 is 10.1 Å². The minimum Gasteiger partial charge on any atom is -0.504 e. The lowest BCUT2D eigenvalue weighted by atomic mass is 9.54. The lowest BCUT2D eigenvalue weighted by Crippen LogP contribution is -2.69. The van der Waals surface area contributed by atoms with Gasteiger partial charge in [-0.15, -0.1) is 6.58 Å². The van der Waals surface area contributed by atoms with Crippen LogP contribution in [0.25, 0.3) is 0 Å². The van der Waals surface area contributed by atoms with Gasteiger partial charge < -0.3 is 20.3 Å². The van der Waals surface area contributed by atoms with Gasteiger partial charge in [0.2, 0.25) is 0 Å². The number of phenols is 1. The van der Waals surface area contributed by atoms with E-state index in [2.05, 4.69) is 11.9 Å². The second-order valence-corrected chi connectivity index (χ2v) is 7.24. The summed E-state index contributed by atoms with van der Waals surface area (Å²) in [5, 5.41) is 25.5. The molecule has 0 bridgehead atoms. The molecule has 3 N–H and O–H groups in total. The van der Waals surface area contributed by atoms with Gasteiger partial charge in [-0.05, 0) is 38.3 Å². The molecule has 1 aromatic carbocycles. The number of rotatable bonds is 5. The number of carbonyl (C=O) groups is 1. The van der Waals surface area contributed by atoms with Crippen molar-refractivity contribution in [3.63, 3.8) is 0 Å². The molecule has 5 heteroatoms. The zero-order valence-electron chi connectivity index (χ0n) is 15.1. The van der Waals surface area contributed by atoms with E-state index in [1.54, 1.807) is 12.1 Å². The fourth-order valence-corrected chi connectivity index (χ4v) is 4.85. The SMILES string of the molecule is C=CCNC(C)C1(O)CCC(=O)C2Oc3c(O)ccc(C)c3C21CC. The van der Waals surface area contributed by atoms with Crippen molar-refractivity contribution in [3.8, 4) is 11.5 Å². The van der Waals surface area contributed by atoms with E-state index in [0.717, 1.165) is 11.1 Å². The number of hydrogen-bond acceptors (Lipinski definition) is 5. The van der Waals surface area contributed by atoms with Crippen molar-refractivity contribution in [2.24, 2.45) is 0 Å². The highest BCUT2D eigenvalue weighted by Gasteiger charge is 2.67. The van der Waals surface area contributed by atoms with Gasteiger partial charge in [0.25, 0.3) is 0 Å². The average Bonchev–Trinajstić information content (AvgIpc) is 2.98. The first-order chi connectivity index (χ1) is 11.8. The van der Waals surface area contributed by atoms with Crippen LogP contribution in [0.4, 0.5) is 0 Å². The van der Waals surface area contributed by atoms with Crippen molar-refractivity contribution >= 4 is 5.78 Å². The molecule has 1 saturated carbocycles. The number of carbonyl (C=O) groups excluding carboxylic acids is 1. The summed E-state index contributed by atoms with van der Waals surface area (Å²) < 4.78 is 5.97. The number of aryl methyl sites for hydroxylation is 1. The smallest absolute Gasteiger partial charge is 0.174 e. The van der Waals surface area contributed by atoms with Crippen LogP contribution in [0.15, 0.2) is 24.8 Å². The lowest BCUT2D eigenvalue weighted by Gasteiger charge is -2.53. The highest BCUT2D eigenvalue weighted by molar-refractivity contribution is 5.89. The summed E-state index contributed by atoms with van der Waals surface area (Å²) in [5.74, 6) is 0.346. The van der Waals surface area contributed by atoms with Crippen molar-refractivity contribution < 1.29 is 19.7 Å². The van der Waals surface area contributed by atoms with Crippen LogP contribution in [-0.2, 0) is 10.2 Å². The second kappa shape index (κ2) is 6.15. The Bertz CT molecular complexity index is 716. The van der Waals surface area contributed by atoms with Crippen molar-refractivity contribution in [2.75, 3.05) is 6.54 Å². The monoisotopic (exact) mass is 345 g/mol. The molecule has 5 nitrogen and oxygen atoms in total. The van der Waals surface area contributed by atoms with Crippen molar-refractivity contribution in [1.82, 2.24) is 5.32 Å². The Morgan fingerprint density at radius 3 is 2.88 bits per heavy atom. The topological polar surface area (TPSA) is 78.8 Å². The number of nitrogens with one attached hydrogen (secondary N) is 1. The second-order valence-electron chi connectivity index (χ2n) is 7.24. The normalized spacial score (nSPS) is 31.8. The molecule has 1 fully saturated rings. The van der Waals surface area contributed by atoms with E-state index in [-0.39, 0.29) is 24.0 Å². The number of ether oxygens (including phenoxy) is 1. The molecule has 0 spiro atoms. The quantitative estimate of drug-likeness (QED) is 0.714. The van der Waals surface area contributed by atoms with Gasteiger partial charge in [-0.3, -0.25) is 4.79 Å². The van der Waals surface area contributed by atoms with Crippen LogP contribution in [0.3, 0.4) is 0 Å². The van der Waals surface area contributed by atoms with E-state index in [1.165, 1.54) is 0 Å². The number of Topliss-reactive ketones (excluding diaryl/α,β-unsaturated/α-hetero) is 1. The number of aromatic hydroxyl groups is 1. The summed E-state index contributed by atoms with van der Waals surface area (Å²) in [5.41, 5.74) is -0.370. The molecule has 1 heterocycles. The molecule has 3 rings (SSSR count).